The lowest BCUT2D eigenvalue weighted by Gasteiger charge is -2.29. The summed E-state index contributed by atoms with van der Waals surface area (Å²) in [6, 6.07) is -1.40. The summed E-state index contributed by atoms with van der Waals surface area (Å²) in [6.07, 6.45) is 4.02. The van der Waals surface area contributed by atoms with Gasteiger partial charge < -0.3 is 34.9 Å². The minimum atomic E-state index is -0.722. The van der Waals surface area contributed by atoms with Crippen LogP contribution in [0, 0.1) is 16.7 Å². The minimum absolute atomic E-state index is 0.0614. The molecule has 0 radical (unpaired) electrons. The van der Waals surface area contributed by atoms with Gasteiger partial charge in [-0.05, 0) is 43.4 Å². The molecule has 2 atom stereocenters. The summed E-state index contributed by atoms with van der Waals surface area (Å²) in [5.74, 6) is -0.805. The van der Waals surface area contributed by atoms with Crippen LogP contribution in [0.1, 0.15) is 100 Å². The highest BCUT2D eigenvalue weighted by molar-refractivity contribution is 5.94. The molecule has 11 heteroatoms. The van der Waals surface area contributed by atoms with Gasteiger partial charge in [-0.1, -0.05) is 55.4 Å². The van der Waals surface area contributed by atoms with E-state index in [1.54, 1.807) is 7.11 Å². The highest BCUT2D eigenvalue weighted by atomic mass is 16.6. The molecular formula is C33H63N3O8. The average molecular weight is 630 g/mol. The summed E-state index contributed by atoms with van der Waals surface area (Å²) >= 11 is 0. The third-order valence-electron chi connectivity index (χ3n) is 6.86. The van der Waals surface area contributed by atoms with E-state index in [2.05, 4.69) is 36.7 Å². The number of hydrogen-bond donors (Lipinski definition) is 3. The number of Topliss-reactive ketones (excluding diaryl/α,β-unsaturated/α-hetero) is 1. The molecule has 0 aliphatic carbocycles. The van der Waals surface area contributed by atoms with E-state index in [4.69, 9.17) is 18.9 Å². The third-order valence-corrected chi connectivity index (χ3v) is 6.86. The molecule has 258 valence electrons. The number of amides is 3. The van der Waals surface area contributed by atoms with Gasteiger partial charge in [0.05, 0.1) is 52.3 Å². The van der Waals surface area contributed by atoms with Crippen LogP contribution >= 0.6 is 0 Å². The highest BCUT2D eigenvalue weighted by Crippen LogP contribution is 2.22. The van der Waals surface area contributed by atoms with E-state index in [1.165, 1.54) is 0 Å². The van der Waals surface area contributed by atoms with Crippen molar-refractivity contribution in [1.29, 1.82) is 0 Å². The van der Waals surface area contributed by atoms with Crippen molar-refractivity contribution in [3.05, 3.63) is 0 Å². The maximum absolute atomic E-state index is 13.3. The van der Waals surface area contributed by atoms with Gasteiger partial charge in [0.15, 0.2) is 5.78 Å². The Balaban J connectivity index is 4.52. The molecule has 3 amide bonds. The average Bonchev–Trinajstić information content (AvgIpc) is 2.91. The first kappa shape index (κ1) is 41.9. The van der Waals surface area contributed by atoms with E-state index in [0.717, 1.165) is 12.8 Å². The van der Waals surface area contributed by atoms with Crippen LogP contribution in [0.2, 0.25) is 0 Å². The number of methoxy groups -OCH3 is 1. The third kappa shape index (κ3) is 22.4. The van der Waals surface area contributed by atoms with Gasteiger partial charge in [0.25, 0.3) is 0 Å². The van der Waals surface area contributed by atoms with Crippen molar-refractivity contribution in [2.75, 3.05) is 59.9 Å². The second-order valence-corrected chi connectivity index (χ2v) is 13.8. The number of rotatable bonds is 25. The maximum Gasteiger partial charge on any atom is 0.243 e. The van der Waals surface area contributed by atoms with Crippen LogP contribution in [-0.2, 0) is 38.1 Å². The van der Waals surface area contributed by atoms with Gasteiger partial charge in [-0.3, -0.25) is 19.2 Å². The van der Waals surface area contributed by atoms with Crippen LogP contribution in [0.5, 0.6) is 0 Å². The highest BCUT2D eigenvalue weighted by Gasteiger charge is 2.33. The SMILES string of the molecule is COCCOCCOCCOCCC(=O)NCCCC[C@H](NC(=O)[C@@H](NC(=O)CCCC(C)(C)C)C(C)C)C(=O)C(C)(C)C. The molecule has 11 nitrogen and oxygen atoms in total. The summed E-state index contributed by atoms with van der Waals surface area (Å²) in [6.45, 7) is 19.3. The fourth-order valence-corrected chi connectivity index (χ4v) is 4.25. The fraction of sp³-hybridized carbons (Fsp3) is 0.879. The number of carbonyl (C=O) groups excluding carboxylic acids is 4. The molecule has 0 spiro atoms. The van der Waals surface area contributed by atoms with Crippen molar-refractivity contribution in [2.45, 2.75) is 112 Å². The number of ether oxygens (including phenoxy) is 4. The normalized spacial score (nSPS) is 13.4. The van der Waals surface area contributed by atoms with Gasteiger partial charge >= 0.3 is 0 Å². The van der Waals surface area contributed by atoms with Crippen molar-refractivity contribution in [3.63, 3.8) is 0 Å². The van der Waals surface area contributed by atoms with Gasteiger partial charge in [0.2, 0.25) is 17.7 Å². The molecule has 0 aliphatic rings. The lowest BCUT2D eigenvalue weighted by molar-refractivity contribution is -0.135. The summed E-state index contributed by atoms with van der Waals surface area (Å²) in [4.78, 5) is 51.2. The fourth-order valence-electron chi connectivity index (χ4n) is 4.25. The van der Waals surface area contributed by atoms with Crippen LogP contribution in [0.25, 0.3) is 0 Å². The smallest absolute Gasteiger partial charge is 0.243 e. The van der Waals surface area contributed by atoms with Crippen LogP contribution in [0.4, 0.5) is 0 Å². The molecule has 0 heterocycles. The predicted octanol–water partition coefficient (Wildman–Crippen LogP) is 3.82. The molecular weight excluding hydrogens is 566 g/mol. The van der Waals surface area contributed by atoms with Crippen LogP contribution in [0.15, 0.2) is 0 Å². The van der Waals surface area contributed by atoms with Crippen LogP contribution in [0.3, 0.4) is 0 Å². The molecule has 0 aliphatic heterocycles. The number of unbranched alkanes of at least 4 members (excludes halogenated alkanes) is 1. The Morgan fingerprint density at radius 3 is 1.77 bits per heavy atom. The zero-order valence-electron chi connectivity index (χ0n) is 29.1. The summed E-state index contributed by atoms with van der Waals surface area (Å²) in [7, 11) is 1.62. The Labute approximate surface area is 266 Å². The van der Waals surface area contributed by atoms with E-state index in [1.807, 2.05) is 34.6 Å². The number of nitrogens with one attached hydrogen (secondary N) is 3. The molecule has 3 N–H and O–H groups in total. The molecule has 0 rings (SSSR count). The van der Waals surface area contributed by atoms with Crippen molar-refractivity contribution >= 4 is 23.5 Å². The van der Waals surface area contributed by atoms with Gasteiger partial charge in [-0.25, -0.2) is 0 Å². The topological polar surface area (TPSA) is 141 Å². The molecule has 0 saturated carbocycles. The molecule has 0 saturated heterocycles. The predicted molar refractivity (Wildman–Crippen MR) is 172 cm³/mol. The first-order valence-corrected chi connectivity index (χ1v) is 16.2. The molecule has 0 aromatic rings. The molecule has 0 fully saturated rings. The summed E-state index contributed by atoms with van der Waals surface area (Å²) < 4.78 is 21.0. The maximum atomic E-state index is 13.3. The van der Waals surface area contributed by atoms with Crippen molar-refractivity contribution in [3.8, 4) is 0 Å². The zero-order valence-corrected chi connectivity index (χ0v) is 29.1. The molecule has 0 aromatic heterocycles. The minimum Gasteiger partial charge on any atom is -0.382 e. The lowest BCUT2D eigenvalue weighted by Crippen LogP contribution is -2.55. The van der Waals surface area contributed by atoms with E-state index >= 15 is 0 Å². The first-order valence-electron chi connectivity index (χ1n) is 16.2. The summed E-state index contributed by atoms with van der Waals surface area (Å²) in [5, 5.41) is 8.68. The Bertz CT molecular complexity index is 821. The second kappa shape index (κ2) is 23.3. The Hall–Kier alpha value is -2.08. The molecule has 0 bridgehead atoms. The lowest BCUT2D eigenvalue weighted by atomic mass is 9.84. The van der Waals surface area contributed by atoms with Gasteiger partial charge in [-0.2, -0.15) is 0 Å². The van der Waals surface area contributed by atoms with E-state index in [0.29, 0.717) is 78.5 Å². The standard InChI is InChI=1S/C33H63N3O8/c1-25(2)29(36-28(38)14-12-16-32(3,4)5)31(40)35-26(30(39)33(6,7)8)13-10-11-17-34-27(37)15-18-42-21-22-44-24-23-43-20-19-41-9/h25-26,29H,10-24H2,1-9H3,(H,34,37)(H,35,40)(H,36,38)/t26-,29-/m0/s1. The Morgan fingerprint density at radius 2 is 1.25 bits per heavy atom. The largest absolute Gasteiger partial charge is 0.382 e. The van der Waals surface area contributed by atoms with E-state index in [-0.39, 0.29) is 41.3 Å². The Morgan fingerprint density at radius 1 is 0.682 bits per heavy atom. The molecule has 44 heavy (non-hydrogen) atoms. The second-order valence-electron chi connectivity index (χ2n) is 13.8. The van der Waals surface area contributed by atoms with Crippen LogP contribution in [-0.4, -0.2) is 95.5 Å². The van der Waals surface area contributed by atoms with Gasteiger partial charge in [-0.15, -0.1) is 0 Å². The van der Waals surface area contributed by atoms with E-state index < -0.39 is 17.5 Å². The molecule has 0 unspecified atom stereocenters. The van der Waals surface area contributed by atoms with Crippen molar-refractivity contribution < 1.29 is 38.1 Å². The van der Waals surface area contributed by atoms with Gasteiger partial charge in [0, 0.05) is 31.9 Å². The van der Waals surface area contributed by atoms with Crippen molar-refractivity contribution in [1.82, 2.24) is 16.0 Å². The number of ketones is 1. The Kier molecular flexibility index (Phi) is 22.2. The number of hydrogen-bond acceptors (Lipinski definition) is 8. The summed E-state index contributed by atoms with van der Waals surface area (Å²) in [5.41, 5.74) is -0.498. The monoisotopic (exact) mass is 629 g/mol. The van der Waals surface area contributed by atoms with Crippen molar-refractivity contribution in [2.24, 2.45) is 16.7 Å². The zero-order chi connectivity index (χ0) is 33.6. The number of carbonyl (C=O) groups is 4. The quantitative estimate of drug-likeness (QED) is 0.130. The van der Waals surface area contributed by atoms with E-state index in [9.17, 15) is 19.2 Å². The van der Waals surface area contributed by atoms with Gasteiger partial charge in [0.1, 0.15) is 6.04 Å². The first-order chi connectivity index (χ1) is 20.6. The van der Waals surface area contributed by atoms with Crippen LogP contribution < -0.4 is 16.0 Å². The molecule has 0 aromatic carbocycles.